The molecule has 4 aliphatic carbocycles. The van der Waals surface area contributed by atoms with Crippen LogP contribution in [-0.4, -0.2) is 17.1 Å². The first kappa shape index (κ1) is 17.6. The van der Waals surface area contributed by atoms with Crippen molar-refractivity contribution in [1.82, 2.24) is 10.5 Å². The fourth-order valence-corrected chi connectivity index (χ4v) is 5.62. The molecule has 1 amide bonds. The second-order valence-electron chi connectivity index (χ2n) is 8.47. The summed E-state index contributed by atoms with van der Waals surface area (Å²) >= 11 is 0. The Morgan fingerprint density at radius 2 is 1.82 bits per heavy atom. The van der Waals surface area contributed by atoms with Crippen LogP contribution in [0, 0.1) is 35.3 Å². The number of benzene rings is 1. The minimum Gasteiger partial charge on any atom is -0.482 e. The van der Waals surface area contributed by atoms with Gasteiger partial charge in [0.25, 0.3) is 5.91 Å². The smallest absolute Gasteiger partial charge is 0.273 e. The van der Waals surface area contributed by atoms with E-state index in [-0.39, 0.29) is 30.0 Å². The van der Waals surface area contributed by atoms with Gasteiger partial charge in [0.05, 0.1) is 0 Å². The van der Waals surface area contributed by atoms with Crippen LogP contribution in [0.1, 0.15) is 48.4 Å². The van der Waals surface area contributed by atoms with Crippen LogP contribution in [0.5, 0.6) is 5.75 Å². The zero-order valence-corrected chi connectivity index (χ0v) is 15.4. The standard InChI is InChI=1S/C21H22F2N2O3/c22-15-1-2-19(17(23)8-15)27-10-16-9-18(25-28-16)21(26)24-20-13-4-11-3-12(6-13)7-14(20)5-11/h1-2,8-9,11-14,20H,3-7,10H2,(H,24,26). The SMILES string of the molecule is O=C(NC1C2CC3CC(C2)CC1C3)c1cc(COc2ccc(F)cc2F)on1. The molecule has 0 saturated heterocycles. The molecule has 0 radical (unpaired) electrons. The average molecular weight is 388 g/mol. The Labute approximate surface area is 161 Å². The molecule has 28 heavy (non-hydrogen) atoms. The summed E-state index contributed by atoms with van der Waals surface area (Å²) in [5, 5.41) is 7.00. The van der Waals surface area contributed by atoms with Gasteiger partial charge in [-0.2, -0.15) is 0 Å². The van der Waals surface area contributed by atoms with Crippen molar-refractivity contribution in [2.45, 2.75) is 44.8 Å². The van der Waals surface area contributed by atoms with E-state index < -0.39 is 11.6 Å². The van der Waals surface area contributed by atoms with Crippen molar-refractivity contribution in [3.63, 3.8) is 0 Å². The molecule has 148 valence electrons. The second-order valence-corrected chi connectivity index (χ2v) is 8.47. The topological polar surface area (TPSA) is 64.4 Å². The molecule has 7 heteroatoms. The number of nitrogens with zero attached hydrogens (tertiary/aromatic N) is 1. The highest BCUT2D eigenvalue weighted by molar-refractivity contribution is 5.92. The quantitative estimate of drug-likeness (QED) is 0.838. The van der Waals surface area contributed by atoms with Gasteiger partial charge < -0.3 is 14.6 Å². The molecule has 1 aromatic carbocycles. The Balaban J connectivity index is 1.20. The van der Waals surface area contributed by atoms with Gasteiger partial charge in [-0.1, -0.05) is 5.16 Å². The van der Waals surface area contributed by atoms with E-state index in [9.17, 15) is 13.6 Å². The Morgan fingerprint density at radius 1 is 1.11 bits per heavy atom. The van der Waals surface area contributed by atoms with Crippen LogP contribution < -0.4 is 10.1 Å². The number of ether oxygens (including phenoxy) is 1. The van der Waals surface area contributed by atoms with Crippen molar-refractivity contribution >= 4 is 5.91 Å². The summed E-state index contributed by atoms with van der Waals surface area (Å²) in [7, 11) is 0. The molecule has 1 heterocycles. The van der Waals surface area contributed by atoms with Gasteiger partial charge in [0, 0.05) is 18.2 Å². The van der Waals surface area contributed by atoms with Crippen molar-refractivity contribution in [3.8, 4) is 5.75 Å². The van der Waals surface area contributed by atoms with Crippen LogP contribution in [0.25, 0.3) is 0 Å². The highest BCUT2D eigenvalue weighted by Gasteiger charge is 2.48. The molecule has 4 bridgehead atoms. The summed E-state index contributed by atoms with van der Waals surface area (Å²) in [6.45, 7) is -0.0964. The molecular formula is C21H22F2N2O3. The molecule has 2 aromatic rings. The van der Waals surface area contributed by atoms with Crippen LogP contribution in [0.2, 0.25) is 0 Å². The number of rotatable bonds is 5. The minimum absolute atomic E-state index is 0.0857. The van der Waals surface area contributed by atoms with E-state index in [1.165, 1.54) is 44.2 Å². The first-order valence-electron chi connectivity index (χ1n) is 9.89. The fourth-order valence-electron chi connectivity index (χ4n) is 5.62. The minimum atomic E-state index is -0.792. The predicted octanol–water partition coefficient (Wildman–Crippen LogP) is 4.09. The lowest BCUT2D eigenvalue weighted by molar-refractivity contribution is -0.0120. The number of hydrogen-bond acceptors (Lipinski definition) is 4. The van der Waals surface area contributed by atoms with E-state index in [1.54, 1.807) is 0 Å². The van der Waals surface area contributed by atoms with E-state index in [1.807, 2.05) is 0 Å². The van der Waals surface area contributed by atoms with Crippen molar-refractivity contribution in [2.75, 3.05) is 0 Å². The summed E-state index contributed by atoms with van der Waals surface area (Å²) in [4.78, 5) is 12.6. The summed E-state index contributed by atoms with van der Waals surface area (Å²) in [5.74, 6) is 1.37. The van der Waals surface area contributed by atoms with E-state index in [4.69, 9.17) is 9.26 Å². The van der Waals surface area contributed by atoms with E-state index in [0.717, 1.165) is 24.0 Å². The van der Waals surface area contributed by atoms with Crippen molar-refractivity contribution < 1.29 is 22.8 Å². The van der Waals surface area contributed by atoms with Crippen molar-refractivity contribution in [1.29, 1.82) is 0 Å². The van der Waals surface area contributed by atoms with E-state index >= 15 is 0 Å². The maximum Gasteiger partial charge on any atom is 0.273 e. The summed E-state index contributed by atoms with van der Waals surface area (Å²) in [6.07, 6.45) is 6.26. The largest absolute Gasteiger partial charge is 0.482 e. The summed E-state index contributed by atoms with van der Waals surface area (Å²) in [6, 6.07) is 4.81. The van der Waals surface area contributed by atoms with Crippen LogP contribution >= 0.6 is 0 Å². The molecule has 1 aromatic heterocycles. The molecule has 5 nitrogen and oxygen atoms in total. The molecule has 4 saturated carbocycles. The van der Waals surface area contributed by atoms with Gasteiger partial charge in [0.15, 0.2) is 23.0 Å². The summed E-state index contributed by atoms with van der Waals surface area (Å²) < 4.78 is 37.0. The molecule has 0 aliphatic heterocycles. The lowest BCUT2D eigenvalue weighted by Gasteiger charge is -2.54. The van der Waals surface area contributed by atoms with Crippen molar-refractivity contribution in [3.05, 3.63) is 47.4 Å². The number of amides is 1. The van der Waals surface area contributed by atoms with Crippen LogP contribution in [0.3, 0.4) is 0 Å². The van der Waals surface area contributed by atoms with Crippen molar-refractivity contribution in [2.24, 2.45) is 23.7 Å². The third-order valence-electron chi connectivity index (χ3n) is 6.58. The lowest BCUT2D eigenvalue weighted by Crippen LogP contribution is -2.55. The molecule has 4 aliphatic rings. The number of carbonyl (C=O) groups excluding carboxylic acids is 1. The average Bonchev–Trinajstić information content (AvgIpc) is 3.12. The number of halogens is 2. The monoisotopic (exact) mass is 388 g/mol. The molecule has 6 rings (SSSR count). The Kier molecular flexibility index (Phi) is 4.33. The summed E-state index contributed by atoms with van der Waals surface area (Å²) in [5.41, 5.74) is 0.201. The molecule has 1 N–H and O–H groups in total. The third-order valence-corrected chi connectivity index (χ3v) is 6.58. The van der Waals surface area contributed by atoms with Gasteiger partial charge in [0.2, 0.25) is 0 Å². The molecule has 0 atom stereocenters. The van der Waals surface area contributed by atoms with E-state index in [2.05, 4.69) is 10.5 Å². The second kappa shape index (κ2) is 6.87. The highest BCUT2D eigenvalue weighted by atomic mass is 19.1. The molecule has 0 spiro atoms. The van der Waals surface area contributed by atoms with E-state index in [0.29, 0.717) is 17.6 Å². The Hall–Kier alpha value is -2.44. The van der Waals surface area contributed by atoms with Gasteiger partial charge in [0.1, 0.15) is 12.4 Å². The van der Waals surface area contributed by atoms with Gasteiger partial charge in [-0.05, 0) is 67.9 Å². The molecular weight excluding hydrogens is 366 g/mol. The zero-order chi connectivity index (χ0) is 19.3. The predicted molar refractivity (Wildman–Crippen MR) is 95.5 cm³/mol. The number of hydrogen-bond donors (Lipinski definition) is 1. The van der Waals surface area contributed by atoms with Crippen LogP contribution in [0.15, 0.2) is 28.8 Å². The third kappa shape index (κ3) is 3.27. The fraction of sp³-hybridized carbons (Fsp3) is 0.524. The Bertz CT molecular complexity index is 870. The first-order chi connectivity index (χ1) is 13.5. The van der Waals surface area contributed by atoms with Crippen LogP contribution in [-0.2, 0) is 6.61 Å². The van der Waals surface area contributed by atoms with Gasteiger partial charge in [-0.3, -0.25) is 4.79 Å². The maximum absolute atomic E-state index is 13.6. The number of aromatic nitrogens is 1. The Morgan fingerprint density at radius 3 is 2.50 bits per heavy atom. The maximum atomic E-state index is 13.6. The number of nitrogens with one attached hydrogen (secondary N) is 1. The molecule has 4 fully saturated rings. The lowest BCUT2D eigenvalue weighted by atomic mass is 9.54. The highest BCUT2D eigenvalue weighted by Crippen LogP contribution is 2.53. The van der Waals surface area contributed by atoms with Gasteiger partial charge in [-0.15, -0.1) is 0 Å². The normalized spacial score (nSPS) is 30.4. The first-order valence-corrected chi connectivity index (χ1v) is 9.89. The number of carbonyl (C=O) groups is 1. The van der Waals surface area contributed by atoms with Gasteiger partial charge in [-0.25, -0.2) is 8.78 Å². The van der Waals surface area contributed by atoms with Gasteiger partial charge >= 0.3 is 0 Å². The zero-order valence-electron chi connectivity index (χ0n) is 15.4. The molecule has 0 unspecified atom stereocenters. The van der Waals surface area contributed by atoms with Crippen LogP contribution in [0.4, 0.5) is 8.78 Å².